The van der Waals surface area contributed by atoms with Crippen molar-refractivity contribution in [2.75, 3.05) is 6.54 Å². The monoisotopic (exact) mass is 170 g/mol. The van der Waals surface area contributed by atoms with Crippen LogP contribution < -0.4 is 5.32 Å². The number of nitrogens with zero attached hydrogens (tertiary/aromatic N) is 1. The third-order valence-corrected chi connectivity index (χ3v) is 1.94. The number of rotatable bonds is 3. The van der Waals surface area contributed by atoms with Gasteiger partial charge in [0.05, 0.1) is 0 Å². The van der Waals surface area contributed by atoms with Gasteiger partial charge in [-0.25, -0.2) is 4.37 Å². The molecule has 0 saturated carbocycles. The SMILES string of the molecule is CCCNC(=O)c1ccns1. The van der Waals surface area contributed by atoms with Crippen molar-refractivity contribution in [1.82, 2.24) is 9.69 Å². The summed E-state index contributed by atoms with van der Waals surface area (Å²) in [6.07, 6.45) is 2.59. The minimum absolute atomic E-state index is 0.0191. The Balaban J connectivity index is 2.43. The highest BCUT2D eigenvalue weighted by Gasteiger charge is 2.04. The third-order valence-electron chi connectivity index (χ3n) is 1.20. The molecule has 0 radical (unpaired) electrons. The summed E-state index contributed by atoms with van der Waals surface area (Å²) in [6.45, 7) is 2.75. The van der Waals surface area contributed by atoms with E-state index in [2.05, 4.69) is 9.69 Å². The lowest BCUT2D eigenvalue weighted by Gasteiger charge is -1.98. The Morgan fingerprint density at radius 3 is 3.18 bits per heavy atom. The van der Waals surface area contributed by atoms with E-state index in [9.17, 15) is 4.79 Å². The molecule has 1 aromatic heterocycles. The van der Waals surface area contributed by atoms with Crippen LogP contribution in [0.2, 0.25) is 0 Å². The Morgan fingerprint density at radius 1 is 1.82 bits per heavy atom. The topological polar surface area (TPSA) is 42.0 Å². The van der Waals surface area contributed by atoms with Crippen LogP contribution >= 0.6 is 11.5 Å². The zero-order valence-electron chi connectivity index (χ0n) is 6.33. The standard InChI is InChI=1S/C7H10N2OS/c1-2-4-8-7(10)6-3-5-9-11-6/h3,5H,2,4H2,1H3,(H,8,10). The van der Waals surface area contributed by atoms with Crippen LogP contribution in [0.5, 0.6) is 0 Å². The lowest BCUT2D eigenvalue weighted by molar-refractivity contribution is 0.0957. The van der Waals surface area contributed by atoms with Crippen molar-refractivity contribution in [2.45, 2.75) is 13.3 Å². The number of aromatic nitrogens is 1. The van der Waals surface area contributed by atoms with Crippen molar-refractivity contribution >= 4 is 17.4 Å². The summed E-state index contributed by atoms with van der Waals surface area (Å²) >= 11 is 1.22. The van der Waals surface area contributed by atoms with Gasteiger partial charge in [0.25, 0.3) is 5.91 Å². The van der Waals surface area contributed by atoms with Gasteiger partial charge in [0.2, 0.25) is 0 Å². The molecular weight excluding hydrogens is 160 g/mol. The fourth-order valence-corrected chi connectivity index (χ4v) is 1.17. The van der Waals surface area contributed by atoms with Gasteiger partial charge < -0.3 is 5.32 Å². The van der Waals surface area contributed by atoms with E-state index >= 15 is 0 Å². The van der Waals surface area contributed by atoms with E-state index in [4.69, 9.17) is 0 Å². The van der Waals surface area contributed by atoms with Crippen molar-refractivity contribution in [1.29, 1.82) is 0 Å². The zero-order valence-corrected chi connectivity index (χ0v) is 7.15. The molecule has 0 atom stereocenters. The van der Waals surface area contributed by atoms with Gasteiger partial charge in [-0.2, -0.15) is 0 Å². The van der Waals surface area contributed by atoms with Crippen LogP contribution in [0.25, 0.3) is 0 Å². The Morgan fingerprint density at radius 2 is 2.64 bits per heavy atom. The maximum absolute atomic E-state index is 11.1. The van der Waals surface area contributed by atoms with Crippen molar-refractivity contribution in [3.63, 3.8) is 0 Å². The molecule has 0 fully saturated rings. The van der Waals surface area contributed by atoms with Gasteiger partial charge in [-0.05, 0) is 24.0 Å². The summed E-state index contributed by atoms with van der Waals surface area (Å²) in [6, 6.07) is 1.72. The minimum Gasteiger partial charge on any atom is -0.351 e. The highest BCUT2D eigenvalue weighted by molar-refractivity contribution is 7.08. The van der Waals surface area contributed by atoms with Gasteiger partial charge >= 0.3 is 0 Å². The van der Waals surface area contributed by atoms with Gasteiger partial charge in [0, 0.05) is 12.7 Å². The van der Waals surface area contributed by atoms with Gasteiger partial charge in [-0.1, -0.05) is 6.92 Å². The molecule has 1 heterocycles. The van der Waals surface area contributed by atoms with Crippen molar-refractivity contribution in [2.24, 2.45) is 0 Å². The van der Waals surface area contributed by atoms with Crippen LogP contribution in [0.15, 0.2) is 12.3 Å². The van der Waals surface area contributed by atoms with E-state index in [1.807, 2.05) is 6.92 Å². The highest BCUT2D eigenvalue weighted by Crippen LogP contribution is 2.02. The second kappa shape index (κ2) is 4.08. The fourth-order valence-electron chi connectivity index (χ4n) is 0.659. The second-order valence-corrected chi connectivity index (χ2v) is 2.97. The predicted molar refractivity (Wildman–Crippen MR) is 44.7 cm³/mol. The largest absolute Gasteiger partial charge is 0.351 e. The van der Waals surface area contributed by atoms with Crippen LogP contribution in [-0.2, 0) is 0 Å². The Labute approximate surface area is 69.6 Å². The molecule has 0 aliphatic carbocycles. The van der Waals surface area contributed by atoms with E-state index in [1.54, 1.807) is 12.3 Å². The van der Waals surface area contributed by atoms with E-state index in [1.165, 1.54) is 11.5 Å². The lowest BCUT2D eigenvalue weighted by Crippen LogP contribution is -2.22. The van der Waals surface area contributed by atoms with E-state index in [0.717, 1.165) is 13.0 Å². The molecule has 11 heavy (non-hydrogen) atoms. The van der Waals surface area contributed by atoms with Gasteiger partial charge in [0.1, 0.15) is 4.88 Å². The molecular formula is C7H10N2OS. The Hall–Kier alpha value is -0.900. The van der Waals surface area contributed by atoms with Crippen LogP contribution in [0.4, 0.5) is 0 Å². The van der Waals surface area contributed by atoms with Crippen LogP contribution in [0.1, 0.15) is 23.0 Å². The summed E-state index contributed by atoms with van der Waals surface area (Å²) in [7, 11) is 0. The van der Waals surface area contributed by atoms with Gasteiger partial charge in [0.15, 0.2) is 0 Å². The van der Waals surface area contributed by atoms with E-state index < -0.39 is 0 Å². The predicted octanol–water partition coefficient (Wildman–Crippen LogP) is 1.28. The Kier molecular flexibility index (Phi) is 3.04. The molecule has 0 aromatic carbocycles. The first-order valence-electron chi connectivity index (χ1n) is 3.53. The first kappa shape index (κ1) is 8.20. The molecule has 1 aromatic rings. The molecule has 0 aliphatic rings. The molecule has 0 aliphatic heterocycles. The quantitative estimate of drug-likeness (QED) is 0.742. The van der Waals surface area contributed by atoms with Gasteiger partial charge in [-0.15, -0.1) is 0 Å². The zero-order chi connectivity index (χ0) is 8.10. The number of hydrogen-bond donors (Lipinski definition) is 1. The molecule has 0 spiro atoms. The maximum Gasteiger partial charge on any atom is 0.262 e. The summed E-state index contributed by atoms with van der Waals surface area (Å²) in [4.78, 5) is 11.8. The minimum atomic E-state index is -0.0191. The fraction of sp³-hybridized carbons (Fsp3) is 0.429. The summed E-state index contributed by atoms with van der Waals surface area (Å²) in [5.74, 6) is -0.0191. The Bertz CT molecular complexity index is 220. The third kappa shape index (κ3) is 2.31. The lowest BCUT2D eigenvalue weighted by atomic mass is 10.4. The summed E-state index contributed by atoms with van der Waals surface area (Å²) in [5, 5.41) is 2.77. The number of carbonyl (C=O) groups is 1. The average Bonchev–Trinajstić information content (AvgIpc) is 2.52. The van der Waals surface area contributed by atoms with E-state index in [0.29, 0.717) is 4.88 Å². The second-order valence-electron chi connectivity index (χ2n) is 2.13. The molecule has 3 nitrogen and oxygen atoms in total. The molecule has 0 bridgehead atoms. The molecule has 60 valence electrons. The number of carbonyl (C=O) groups excluding carboxylic acids is 1. The number of hydrogen-bond acceptors (Lipinski definition) is 3. The molecule has 1 N–H and O–H groups in total. The van der Waals surface area contributed by atoms with E-state index in [-0.39, 0.29) is 5.91 Å². The summed E-state index contributed by atoms with van der Waals surface area (Å²) < 4.78 is 3.83. The molecule has 4 heteroatoms. The highest BCUT2D eigenvalue weighted by atomic mass is 32.1. The first-order chi connectivity index (χ1) is 5.34. The van der Waals surface area contributed by atoms with Gasteiger partial charge in [-0.3, -0.25) is 4.79 Å². The number of nitrogens with one attached hydrogen (secondary N) is 1. The van der Waals surface area contributed by atoms with Crippen molar-refractivity contribution in [3.8, 4) is 0 Å². The maximum atomic E-state index is 11.1. The van der Waals surface area contributed by atoms with Crippen LogP contribution in [0, 0.1) is 0 Å². The van der Waals surface area contributed by atoms with Crippen LogP contribution in [0.3, 0.4) is 0 Å². The number of amides is 1. The van der Waals surface area contributed by atoms with Crippen molar-refractivity contribution in [3.05, 3.63) is 17.1 Å². The summed E-state index contributed by atoms with van der Waals surface area (Å²) in [5.41, 5.74) is 0. The van der Waals surface area contributed by atoms with Crippen LogP contribution in [-0.4, -0.2) is 16.8 Å². The molecule has 0 unspecified atom stereocenters. The normalized spacial score (nSPS) is 9.55. The molecule has 0 saturated heterocycles. The van der Waals surface area contributed by atoms with Crippen molar-refractivity contribution < 1.29 is 4.79 Å². The average molecular weight is 170 g/mol. The smallest absolute Gasteiger partial charge is 0.262 e. The first-order valence-corrected chi connectivity index (χ1v) is 4.31. The molecule has 1 amide bonds. The molecule has 1 rings (SSSR count).